The molecule has 1 N–H and O–H groups in total. The Morgan fingerprint density at radius 2 is 2.12 bits per heavy atom. The van der Waals surface area contributed by atoms with Crippen molar-refractivity contribution in [3.63, 3.8) is 0 Å². The molecule has 0 atom stereocenters. The average Bonchev–Trinajstić information content (AvgIpc) is 2.96. The zero-order chi connectivity index (χ0) is 17.5. The number of benzene rings is 1. The number of methoxy groups -OCH3 is 1. The molecule has 1 heterocycles. The monoisotopic (exact) mass is 348 g/mol. The van der Waals surface area contributed by atoms with Crippen LogP contribution in [0, 0.1) is 6.92 Å². The Bertz CT molecular complexity index is 727. The van der Waals surface area contributed by atoms with Crippen LogP contribution in [0.2, 0.25) is 0 Å². The van der Waals surface area contributed by atoms with Crippen LogP contribution in [0.4, 0.5) is 5.82 Å². The van der Waals surface area contributed by atoms with E-state index in [0.717, 1.165) is 11.3 Å². The predicted molar refractivity (Wildman–Crippen MR) is 93.6 cm³/mol. The van der Waals surface area contributed by atoms with Crippen molar-refractivity contribution in [2.45, 2.75) is 26.0 Å². The second kappa shape index (κ2) is 8.54. The first-order chi connectivity index (χ1) is 11.5. The summed E-state index contributed by atoms with van der Waals surface area (Å²) in [6.07, 6.45) is 0.366. The van der Waals surface area contributed by atoms with Crippen LogP contribution in [0.15, 0.2) is 28.8 Å². The van der Waals surface area contributed by atoms with Gasteiger partial charge in [0.05, 0.1) is 7.11 Å². The van der Waals surface area contributed by atoms with Gasteiger partial charge in [-0.2, -0.15) is 11.8 Å². The molecule has 0 saturated carbocycles. The smallest absolute Gasteiger partial charge is 0.226 e. The topological polar surface area (TPSA) is 81.4 Å². The van der Waals surface area contributed by atoms with Gasteiger partial charge in [-0.25, -0.2) is 0 Å². The van der Waals surface area contributed by atoms with Crippen molar-refractivity contribution in [1.29, 1.82) is 0 Å². The summed E-state index contributed by atoms with van der Waals surface area (Å²) >= 11 is 1.60. The number of anilines is 1. The number of ether oxygens (including phenoxy) is 1. The zero-order valence-corrected chi connectivity index (χ0v) is 14.7. The number of carbonyl (C=O) groups excluding carboxylic acids is 2. The predicted octanol–water partition coefficient (Wildman–Crippen LogP) is 3.46. The van der Waals surface area contributed by atoms with Gasteiger partial charge in [-0.05, 0) is 32.0 Å². The molecule has 0 saturated heterocycles. The quantitative estimate of drug-likeness (QED) is 0.581. The van der Waals surface area contributed by atoms with Gasteiger partial charge in [-0.1, -0.05) is 5.16 Å². The third kappa shape index (κ3) is 5.13. The van der Waals surface area contributed by atoms with Crippen LogP contribution in [-0.4, -0.2) is 29.7 Å². The van der Waals surface area contributed by atoms with Gasteiger partial charge < -0.3 is 14.6 Å². The highest BCUT2D eigenvalue weighted by molar-refractivity contribution is 7.98. The molecule has 0 unspecified atom stereocenters. The molecule has 1 amide bonds. The van der Waals surface area contributed by atoms with E-state index in [1.807, 2.05) is 6.07 Å². The fourth-order valence-corrected chi connectivity index (χ4v) is 3.01. The van der Waals surface area contributed by atoms with Crippen LogP contribution in [0.1, 0.15) is 35.0 Å². The average molecular weight is 348 g/mol. The number of carbonyl (C=O) groups is 2. The lowest BCUT2D eigenvalue weighted by molar-refractivity contribution is -0.115. The molecule has 0 radical (unpaired) electrons. The van der Waals surface area contributed by atoms with Gasteiger partial charge in [0.15, 0.2) is 11.6 Å². The number of Topliss-reactive ketones (excluding diaryl/α,β-unsaturated/α-hetero) is 1. The number of nitrogens with zero attached hydrogens (tertiary/aromatic N) is 1. The Hall–Kier alpha value is -2.28. The summed E-state index contributed by atoms with van der Waals surface area (Å²) in [5, 5.41) is 6.40. The van der Waals surface area contributed by atoms with Crippen molar-refractivity contribution >= 4 is 29.3 Å². The minimum Gasteiger partial charge on any atom is -0.496 e. The highest BCUT2D eigenvalue weighted by atomic mass is 32.2. The molecule has 1 aromatic heterocycles. The number of aromatic nitrogens is 1. The van der Waals surface area contributed by atoms with Gasteiger partial charge in [0, 0.05) is 35.1 Å². The number of hydrogen-bond donors (Lipinski definition) is 1. The number of nitrogens with one attached hydrogen (secondary N) is 1. The number of rotatable bonds is 8. The first-order valence-corrected chi connectivity index (χ1v) is 8.64. The summed E-state index contributed by atoms with van der Waals surface area (Å²) in [5.41, 5.74) is 1.60. The molecular weight excluding hydrogens is 328 g/mol. The van der Waals surface area contributed by atoms with Crippen LogP contribution in [-0.2, 0) is 10.5 Å². The van der Waals surface area contributed by atoms with Crippen molar-refractivity contribution < 1.29 is 18.8 Å². The molecule has 128 valence electrons. The first kappa shape index (κ1) is 18.1. The molecule has 0 aliphatic carbocycles. The van der Waals surface area contributed by atoms with Gasteiger partial charge in [-0.3, -0.25) is 9.59 Å². The van der Waals surface area contributed by atoms with E-state index in [1.54, 1.807) is 44.0 Å². The van der Waals surface area contributed by atoms with Gasteiger partial charge in [-0.15, -0.1) is 0 Å². The summed E-state index contributed by atoms with van der Waals surface area (Å²) in [7, 11) is 1.60. The number of thioether (sulfide) groups is 1. The molecule has 1 aromatic carbocycles. The van der Waals surface area contributed by atoms with Crippen molar-refractivity contribution in [3.8, 4) is 5.75 Å². The van der Waals surface area contributed by atoms with E-state index in [9.17, 15) is 9.59 Å². The number of ketones is 1. The van der Waals surface area contributed by atoms with Crippen molar-refractivity contribution in [2.24, 2.45) is 0 Å². The summed E-state index contributed by atoms with van der Waals surface area (Å²) in [4.78, 5) is 23.3. The zero-order valence-electron chi connectivity index (χ0n) is 13.9. The minimum atomic E-state index is -0.111. The normalized spacial score (nSPS) is 10.5. The van der Waals surface area contributed by atoms with Crippen molar-refractivity contribution in [2.75, 3.05) is 18.2 Å². The van der Waals surface area contributed by atoms with E-state index >= 15 is 0 Å². The third-order valence-electron chi connectivity index (χ3n) is 3.31. The molecule has 6 nitrogen and oxygen atoms in total. The number of amides is 1. The van der Waals surface area contributed by atoms with Gasteiger partial charge in [0.2, 0.25) is 5.91 Å². The molecule has 2 aromatic rings. The molecule has 24 heavy (non-hydrogen) atoms. The first-order valence-electron chi connectivity index (χ1n) is 7.48. The fourth-order valence-electron chi connectivity index (χ4n) is 2.09. The molecule has 0 fully saturated rings. The van der Waals surface area contributed by atoms with Crippen LogP contribution >= 0.6 is 11.8 Å². The van der Waals surface area contributed by atoms with Crippen LogP contribution < -0.4 is 10.1 Å². The lowest BCUT2D eigenvalue weighted by atomic mass is 10.1. The molecule has 7 heteroatoms. The van der Waals surface area contributed by atoms with Crippen LogP contribution in [0.3, 0.4) is 0 Å². The Kier molecular flexibility index (Phi) is 6.43. The molecule has 2 rings (SSSR count). The Morgan fingerprint density at radius 1 is 1.33 bits per heavy atom. The SMILES string of the molecule is COc1ccc(C(C)=O)cc1CSCCC(=O)Nc1cc(C)on1. The largest absolute Gasteiger partial charge is 0.496 e. The van der Waals surface area contributed by atoms with E-state index in [4.69, 9.17) is 9.26 Å². The van der Waals surface area contributed by atoms with Crippen molar-refractivity contribution in [1.82, 2.24) is 5.16 Å². The second-order valence-electron chi connectivity index (χ2n) is 5.26. The Balaban J connectivity index is 1.82. The standard InChI is InChI=1S/C17H20N2O4S/c1-11-8-16(19-23-11)18-17(21)6-7-24-10-14-9-13(12(2)20)4-5-15(14)22-3/h4-5,8-9H,6-7,10H2,1-3H3,(H,18,19,21). The molecule has 0 aliphatic rings. The van der Waals surface area contributed by atoms with E-state index < -0.39 is 0 Å². The lowest BCUT2D eigenvalue weighted by Gasteiger charge is -2.09. The Morgan fingerprint density at radius 3 is 2.75 bits per heavy atom. The van der Waals surface area contributed by atoms with Crippen LogP contribution in [0.5, 0.6) is 5.75 Å². The summed E-state index contributed by atoms with van der Waals surface area (Å²) < 4.78 is 10.2. The lowest BCUT2D eigenvalue weighted by Crippen LogP contribution is -2.12. The summed E-state index contributed by atoms with van der Waals surface area (Å²) in [6, 6.07) is 7.06. The van der Waals surface area contributed by atoms with Crippen molar-refractivity contribution in [3.05, 3.63) is 41.2 Å². The van der Waals surface area contributed by atoms with Crippen LogP contribution in [0.25, 0.3) is 0 Å². The maximum absolute atomic E-state index is 11.8. The van der Waals surface area contributed by atoms with E-state index in [0.29, 0.717) is 35.1 Å². The molecule has 0 bridgehead atoms. The second-order valence-corrected chi connectivity index (χ2v) is 6.36. The number of hydrogen-bond acceptors (Lipinski definition) is 6. The molecular formula is C17H20N2O4S. The van der Waals surface area contributed by atoms with E-state index in [1.165, 1.54) is 6.92 Å². The summed E-state index contributed by atoms with van der Waals surface area (Å²) in [6.45, 7) is 3.30. The van der Waals surface area contributed by atoms with Gasteiger partial charge in [0.1, 0.15) is 11.5 Å². The number of aryl methyl sites for hydroxylation is 1. The maximum atomic E-state index is 11.8. The third-order valence-corrected chi connectivity index (χ3v) is 4.32. The molecule has 0 aliphatic heterocycles. The van der Waals surface area contributed by atoms with Gasteiger partial charge >= 0.3 is 0 Å². The van der Waals surface area contributed by atoms with Gasteiger partial charge in [0.25, 0.3) is 0 Å². The Labute approximate surface area is 144 Å². The minimum absolute atomic E-state index is 0.0196. The fraction of sp³-hybridized carbons (Fsp3) is 0.353. The highest BCUT2D eigenvalue weighted by Gasteiger charge is 2.09. The highest BCUT2D eigenvalue weighted by Crippen LogP contribution is 2.25. The van der Waals surface area contributed by atoms with E-state index in [-0.39, 0.29) is 11.7 Å². The molecule has 0 spiro atoms. The summed E-state index contributed by atoms with van der Waals surface area (Å²) in [5.74, 6) is 3.05. The maximum Gasteiger partial charge on any atom is 0.226 e. The van der Waals surface area contributed by atoms with E-state index in [2.05, 4.69) is 10.5 Å².